The smallest absolute Gasteiger partial charge is 0.306 e. The van der Waals surface area contributed by atoms with E-state index in [9.17, 15) is 19.0 Å². The van der Waals surface area contributed by atoms with Gasteiger partial charge in [0.1, 0.15) is 19.8 Å². The van der Waals surface area contributed by atoms with E-state index in [0.29, 0.717) is 17.4 Å². The summed E-state index contributed by atoms with van der Waals surface area (Å²) in [6.07, 6.45) is 39.1. The van der Waals surface area contributed by atoms with Gasteiger partial charge in [-0.1, -0.05) is 167 Å². The van der Waals surface area contributed by atoms with Gasteiger partial charge in [0.25, 0.3) is 7.82 Å². The summed E-state index contributed by atoms with van der Waals surface area (Å²) < 4.78 is 33.9. The van der Waals surface area contributed by atoms with Gasteiger partial charge in [-0.25, -0.2) is 0 Å². The Labute approximate surface area is 332 Å². The molecule has 0 radical (unpaired) electrons. The minimum absolute atomic E-state index is 0.0320. The highest BCUT2D eigenvalue weighted by atomic mass is 31.2. The molecule has 10 heteroatoms. The number of quaternary nitrogens is 1. The summed E-state index contributed by atoms with van der Waals surface area (Å²) in [5, 5.41) is 0. The van der Waals surface area contributed by atoms with Crippen molar-refractivity contribution in [2.45, 2.75) is 200 Å². The fourth-order valence-corrected chi connectivity index (χ4v) is 6.69. The summed E-state index contributed by atoms with van der Waals surface area (Å²) >= 11 is 0. The lowest BCUT2D eigenvalue weighted by atomic mass is 10.0. The van der Waals surface area contributed by atoms with Gasteiger partial charge in [0.05, 0.1) is 27.7 Å². The highest BCUT2D eigenvalue weighted by Gasteiger charge is 2.21. The third-order valence-corrected chi connectivity index (χ3v) is 10.4. The van der Waals surface area contributed by atoms with E-state index in [1.807, 2.05) is 21.1 Å². The molecule has 0 heterocycles. The maximum absolute atomic E-state index is 12.6. The second-order valence-electron chi connectivity index (χ2n) is 16.1. The van der Waals surface area contributed by atoms with Gasteiger partial charge in [-0.3, -0.25) is 14.2 Å². The van der Waals surface area contributed by atoms with Gasteiger partial charge in [0.15, 0.2) is 6.10 Å². The lowest BCUT2D eigenvalue weighted by Crippen LogP contribution is -2.37. The molecule has 0 bridgehead atoms. The average Bonchev–Trinajstić information content (AvgIpc) is 3.12. The van der Waals surface area contributed by atoms with Crippen LogP contribution in [0.25, 0.3) is 0 Å². The summed E-state index contributed by atoms with van der Waals surface area (Å²) in [4.78, 5) is 37.5. The summed E-state index contributed by atoms with van der Waals surface area (Å²) in [7, 11) is 1.16. The van der Waals surface area contributed by atoms with Crippen molar-refractivity contribution < 1.29 is 42.1 Å². The van der Waals surface area contributed by atoms with Crippen molar-refractivity contribution in [3.63, 3.8) is 0 Å². The van der Waals surface area contributed by atoms with Gasteiger partial charge >= 0.3 is 11.9 Å². The summed E-state index contributed by atoms with van der Waals surface area (Å²) in [5.74, 6) is -0.844. The summed E-state index contributed by atoms with van der Waals surface area (Å²) in [6.45, 7) is 4.18. The van der Waals surface area contributed by atoms with Crippen LogP contribution in [0.3, 0.4) is 0 Å². The summed E-state index contributed by atoms with van der Waals surface area (Å²) in [5.41, 5.74) is 0. The van der Waals surface area contributed by atoms with Gasteiger partial charge in [0.2, 0.25) is 0 Å². The van der Waals surface area contributed by atoms with Crippen molar-refractivity contribution >= 4 is 19.8 Å². The molecule has 0 saturated heterocycles. The number of phosphoric ester groups is 1. The van der Waals surface area contributed by atoms with Crippen molar-refractivity contribution in [2.75, 3.05) is 47.5 Å². The van der Waals surface area contributed by atoms with Gasteiger partial charge in [-0.05, 0) is 38.5 Å². The number of phosphoric acid groups is 1. The molecule has 9 nitrogen and oxygen atoms in total. The average molecular weight is 786 g/mol. The van der Waals surface area contributed by atoms with Crippen LogP contribution >= 0.6 is 7.82 Å². The second kappa shape index (κ2) is 37.1. The highest BCUT2D eigenvalue weighted by Crippen LogP contribution is 2.38. The molecule has 0 aromatic heterocycles. The van der Waals surface area contributed by atoms with Crippen molar-refractivity contribution in [2.24, 2.45) is 0 Å². The number of carbonyl (C=O) groups excluding carboxylic acids is 2. The van der Waals surface area contributed by atoms with Crippen LogP contribution in [0.5, 0.6) is 0 Å². The van der Waals surface area contributed by atoms with Gasteiger partial charge in [-0.2, -0.15) is 0 Å². The third-order valence-electron chi connectivity index (χ3n) is 9.47. The molecule has 0 amide bonds. The number of nitrogens with zero attached hydrogens (tertiary/aromatic N) is 1. The first kappa shape index (κ1) is 52.5. The van der Waals surface area contributed by atoms with E-state index in [2.05, 4.69) is 38.2 Å². The molecule has 0 spiro atoms. The van der Waals surface area contributed by atoms with Crippen LogP contribution < -0.4 is 4.89 Å². The number of esters is 2. The Morgan fingerprint density at radius 2 is 1.02 bits per heavy atom. The zero-order valence-corrected chi connectivity index (χ0v) is 36.6. The van der Waals surface area contributed by atoms with Crippen LogP contribution in [0, 0.1) is 0 Å². The molecule has 0 aliphatic rings. The van der Waals surface area contributed by atoms with Crippen LogP contribution in [0.15, 0.2) is 24.3 Å². The normalized spacial score (nSPS) is 13.8. The monoisotopic (exact) mass is 786 g/mol. The molecule has 0 rings (SSSR count). The SMILES string of the molecule is CCCC/C=C\C/C=C\CCCCCCCC(=O)O[C@H](COC(=O)CCCCCCCCCCCCCCCCCC)COP(=O)([O-])OCC[N+](C)(C)C. The number of rotatable bonds is 40. The van der Waals surface area contributed by atoms with E-state index >= 15 is 0 Å². The number of carbonyl (C=O) groups is 2. The highest BCUT2D eigenvalue weighted by molar-refractivity contribution is 7.45. The molecule has 54 heavy (non-hydrogen) atoms. The molecule has 1 unspecified atom stereocenters. The van der Waals surface area contributed by atoms with Crippen molar-refractivity contribution in [3.05, 3.63) is 24.3 Å². The predicted octanol–water partition coefficient (Wildman–Crippen LogP) is 11.7. The predicted molar refractivity (Wildman–Crippen MR) is 222 cm³/mol. The van der Waals surface area contributed by atoms with E-state index in [0.717, 1.165) is 64.2 Å². The van der Waals surface area contributed by atoms with Gasteiger partial charge in [0, 0.05) is 12.8 Å². The fourth-order valence-electron chi connectivity index (χ4n) is 5.97. The molecular formula is C44H84NO8P. The molecule has 0 aromatic carbocycles. The van der Waals surface area contributed by atoms with Crippen LogP contribution in [0.2, 0.25) is 0 Å². The van der Waals surface area contributed by atoms with E-state index in [1.54, 1.807) is 0 Å². The first-order chi connectivity index (χ1) is 26.0. The maximum Gasteiger partial charge on any atom is 0.306 e. The van der Waals surface area contributed by atoms with Crippen LogP contribution in [0.1, 0.15) is 194 Å². The Bertz CT molecular complexity index is 980. The molecule has 0 fully saturated rings. The number of unbranched alkanes of at least 4 members (excludes halogenated alkanes) is 22. The Kier molecular flexibility index (Phi) is 36.1. The molecule has 0 aliphatic heterocycles. The molecule has 0 N–H and O–H groups in total. The Hall–Kier alpha value is -1.51. The number of ether oxygens (including phenoxy) is 2. The quantitative estimate of drug-likeness (QED) is 0.0198. The van der Waals surface area contributed by atoms with Crippen LogP contribution in [0.4, 0.5) is 0 Å². The second-order valence-corrected chi connectivity index (χ2v) is 17.5. The topological polar surface area (TPSA) is 111 Å². The molecular weight excluding hydrogens is 701 g/mol. The fraction of sp³-hybridized carbons (Fsp3) is 0.864. The van der Waals surface area contributed by atoms with Gasteiger partial charge < -0.3 is 27.9 Å². The number of allylic oxidation sites excluding steroid dienone is 4. The largest absolute Gasteiger partial charge is 0.756 e. The van der Waals surface area contributed by atoms with Crippen molar-refractivity contribution in [1.29, 1.82) is 0 Å². The van der Waals surface area contributed by atoms with E-state index in [-0.39, 0.29) is 32.0 Å². The number of hydrogen-bond acceptors (Lipinski definition) is 8. The maximum atomic E-state index is 12.6. The molecule has 318 valence electrons. The Balaban J connectivity index is 4.35. The van der Waals surface area contributed by atoms with E-state index in [4.69, 9.17) is 18.5 Å². The third kappa shape index (κ3) is 40.2. The molecule has 2 atom stereocenters. The molecule has 0 saturated carbocycles. The minimum atomic E-state index is -4.62. The van der Waals surface area contributed by atoms with E-state index in [1.165, 1.54) is 96.3 Å². The molecule has 0 aliphatic carbocycles. The lowest BCUT2D eigenvalue weighted by Gasteiger charge is -2.28. The Morgan fingerprint density at radius 3 is 1.52 bits per heavy atom. The first-order valence-corrected chi connectivity index (χ1v) is 23.5. The molecule has 0 aromatic rings. The Morgan fingerprint density at radius 1 is 0.574 bits per heavy atom. The number of hydrogen-bond donors (Lipinski definition) is 0. The van der Waals surface area contributed by atoms with E-state index < -0.39 is 26.5 Å². The zero-order chi connectivity index (χ0) is 40.0. The van der Waals surface area contributed by atoms with Crippen molar-refractivity contribution in [3.8, 4) is 0 Å². The first-order valence-electron chi connectivity index (χ1n) is 22.0. The van der Waals surface area contributed by atoms with Crippen molar-refractivity contribution in [1.82, 2.24) is 0 Å². The van der Waals surface area contributed by atoms with Crippen LogP contribution in [-0.2, 0) is 32.7 Å². The number of likely N-dealkylation sites (N-methyl/N-ethyl adjacent to an activating group) is 1. The standard InChI is InChI=1S/C44H84NO8P/c1-6-8-10-12-14-16-18-20-22-23-25-26-28-30-32-34-36-43(46)50-40-42(41-52-54(48,49)51-39-38-45(3,4)5)53-44(47)37-35-33-31-29-27-24-21-19-17-15-13-11-9-7-2/h13,15,19,21,42H,6-12,14,16-18,20,22-41H2,1-5H3/b15-13-,21-19-/t42-/m1/s1. The van der Waals surface area contributed by atoms with Gasteiger partial charge in [-0.15, -0.1) is 0 Å². The minimum Gasteiger partial charge on any atom is -0.756 e. The van der Waals surface area contributed by atoms with Crippen LogP contribution in [-0.4, -0.2) is 70.0 Å². The zero-order valence-electron chi connectivity index (χ0n) is 35.7. The summed E-state index contributed by atoms with van der Waals surface area (Å²) in [6, 6.07) is 0. The lowest BCUT2D eigenvalue weighted by molar-refractivity contribution is -0.870.